The van der Waals surface area contributed by atoms with E-state index in [1.54, 1.807) is 0 Å². The molecule has 0 saturated carbocycles. The van der Waals surface area contributed by atoms with Crippen LogP contribution >= 0.6 is 0 Å². The van der Waals surface area contributed by atoms with Gasteiger partial charge in [-0.3, -0.25) is 0 Å². The van der Waals surface area contributed by atoms with Gasteiger partial charge >= 0.3 is 0 Å². The summed E-state index contributed by atoms with van der Waals surface area (Å²) in [6.07, 6.45) is 7.05. The van der Waals surface area contributed by atoms with Gasteiger partial charge in [0.15, 0.2) is 0 Å². The van der Waals surface area contributed by atoms with Crippen molar-refractivity contribution >= 4 is 0 Å². The third-order valence-corrected chi connectivity index (χ3v) is 3.48. The maximum atomic E-state index is 5.69. The van der Waals surface area contributed by atoms with Gasteiger partial charge in [-0.2, -0.15) is 0 Å². The molecule has 0 aromatic rings. The molecule has 0 radical (unpaired) electrons. The van der Waals surface area contributed by atoms with Gasteiger partial charge in [0, 0.05) is 13.2 Å². The van der Waals surface area contributed by atoms with Gasteiger partial charge in [-0.15, -0.1) is 0 Å². The molecule has 2 heterocycles. The Labute approximate surface area is 93.0 Å². The van der Waals surface area contributed by atoms with Crippen molar-refractivity contribution in [1.82, 2.24) is 10.6 Å². The summed E-state index contributed by atoms with van der Waals surface area (Å²) < 4.78 is 5.69. The van der Waals surface area contributed by atoms with Crippen LogP contribution < -0.4 is 10.6 Å². The van der Waals surface area contributed by atoms with Gasteiger partial charge in [-0.05, 0) is 57.7 Å². The zero-order valence-corrected chi connectivity index (χ0v) is 9.63. The maximum Gasteiger partial charge on any atom is 0.0699 e. The Morgan fingerprint density at radius 3 is 2.87 bits per heavy atom. The normalized spacial score (nSPS) is 32.8. The molecule has 0 spiro atoms. The molecule has 0 amide bonds. The van der Waals surface area contributed by atoms with Gasteiger partial charge in [-0.25, -0.2) is 0 Å². The molecule has 3 heteroatoms. The van der Waals surface area contributed by atoms with Crippen molar-refractivity contribution in [2.45, 2.75) is 38.2 Å². The average Bonchev–Trinajstić information content (AvgIpc) is 2.32. The minimum atomic E-state index is 0.482. The highest BCUT2D eigenvalue weighted by atomic mass is 16.5. The number of hydrogen-bond acceptors (Lipinski definition) is 3. The molecule has 0 aromatic carbocycles. The summed E-state index contributed by atoms with van der Waals surface area (Å²) in [6.45, 7) is 5.58. The molecule has 0 aromatic heterocycles. The van der Waals surface area contributed by atoms with E-state index in [1.807, 2.05) is 0 Å². The smallest absolute Gasteiger partial charge is 0.0699 e. The predicted molar refractivity (Wildman–Crippen MR) is 62.1 cm³/mol. The van der Waals surface area contributed by atoms with Crippen molar-refractivity contribution in [2.24, 2.45) is 5.92 Å². The first-order chi connectivity index (χ1) is 7.45. The van der Waals surface area contributed by atoms with E-state index in [2.05, 4.69) is 10.6 Å². The van der Waals surface area contributed by atoms with Crippen molar-refractivity contribution in [2.75, 3.05) is 32.8 Å². The zero-order valence-electron chi connectivity index (χ0n) is 9.63. The van der Waals surface area contributed by atoms with Gasteiger partial charge in [-0.1, -0.05) is 0 Å². The molecule has 88 valence electrons. The molecule has 2 saturated heterocycles. The minimum Gasteiger partial charge on any atom is -0.377 e. The summed E-state index contributed by atoms with van der Waals surface area (Å²) in [5.41, 5.74) is 0. The zero-order chi connectivity index (χ0) is 10.3. The molecule has 0 bridgehead atoms. The fourth-order valence-electron chi connectivity index (χ4n) is 2.52. The first-order valence-electron chi connectivity index (χ1n) is 6.48. The van der Waals surface area contributed by atoms with E-state index in [-0.39, 0.29) is 0 Å². The van der Waals surface area contributed by atoms with Crippen LogP contribution in [-0.4, -0.2) is 38.9 Å². The summed E-state index contributed by atoms with van der Waals surface area (Å²) >= 11 is 0. The summed E-state index contributed by atoms with van der Waals surface area (Å²) in [7, 11) is 0. The van der Waals surface area contributed by atoms with Crippen molar-refractivity contribution in [3.05, 3.63) is 0 Å². The molecule has 2 unspecified atom stereocenters. The number of nitrogens with one attached hydrogen (secondary N) is 2. The van der Waals surface area contributed by atoms with Gasteiger partial charge in [0.25, 0.3) is 0 Å². The van der Waals surface area contributed by atoms with E-state index in [1.165, 1.54) is 45.2 Å². The van der Waals surface area contributed by atoms with Crippen LogP contribution in [0, 0.1) is 5.92 Å². The quantitative estimate of drug-likeness (QED) is 0.733. The van der Waals surface area contributed by atoms with Crippen LogP contribution in [-0.2, 0) is 4.74 Å². The van der Waals surface area contributed by atoms with Crippen LogP contribution in [0.15, 0.2) is 0 Å². The molecule has 2 aliphatic heterocycles. The largest absolute Gasteiger partial charge is 0.377 e. The van der Waals surface area contributed by atoms with E-state index in [9.17, 15) is 0 Å². The van der Waals surface area contributed by atoms with Crippen molar-refractivity contribution in [1.29, 1.82) is 0 Å². The second-order valence-electron chi connectivity index (χ2n) is 4.86. The first-order valence-corrected chi connectivity index (χ1v) is 6.48. The lowest BCUT2D eigenvalue weighted by molar-refractivity contribution is 0.0164. The molecule has 2 N–H and O–H groups in total. The molecular formula is C12H24N2O. The number of hydrogen-bond donors (Lipinski definition) is 2. The lowest BCUT2D eigenvalue weighted by Crippen LogP contribution is -2.39. The van der Waals surface area contributed by atoms with E-state index < -0.39 is 0 Å². The summed E-state index contributed by atoms with van der Waals surface area (Å²) in [5, 5.41) is 7.01. The Kier molecular flexibility index (Phi) is 4.90. The first kappa shape index (κ1) is 11.4. The Hall–Kier alpha value is -0.120. The third kappa shape index (κ3) is 4.09. The SMILES string of the molecule is C1CCC(CNCC2CCCNC2)OC1. The van der Waals surface area contributed by atoms with Crippen LogP contribution in [0.2, 0.25) is 0 Å². The predicted octanol–water partition coefficient (Wildman–Crippen LogP) is 1.14. The third-order valence-electron chi connectivity index (χ3n) is 3.48. The lowest BCUT2D eigenvalue weighted by Gasteiger charge is -2.26. The molecular weight excluding hydrogens is 188 g/mol. The molecule has 3 nitrogen and oxygen atoms in total. The Balaban J connectivity index is 1.53. The molecule has 2 rings (SSSR count). The number of ether oxygens (including phenoxy) is 1. The Morgan fingerprint density at radius 1 is 1.13 bits per heavy atom. The standard InChI is InChI=1S/C12H24N2O/c1-2-7-15-12(5-1)10-14-9-11-4-3-6-13-8-11/h11-14H,1-10H2. The number of piperidine rings is 1. The highest BCUT2D eigenvalue weighted by molar-refractivity contribution is 4.73. The van der Waals surface area contributed by atoms with Gasteiger partial charge in [0.05, 0.1) is 6.10 Å². The highest BCUT2D eigenvalue weighted by Crippen LogP contribution is 2.12. The second kappa shape index (κ2) is 6.46. The Morgan fingerprint density at radius 2 is 2.13 bits per heavy atom. The fourth-order valence-corrected chi connectivity index (χ4v) is 2.52. The van der Waals surface area contributed by atoms with Crippen molar-refractivity contribution in [3.63, 3.8) is 0 Å². The van der Waals surface area contributed by atoms with Crippen LogP contribution in [0.1, 0.15) is 32.1 Å². The monoisotopic (exact) mass is 212 g/mol. The molecule has 0 aliphatic carbocycles. The van der Waals surface area contributed by atoms with Gasteiger partial charge in [0.2, 0.25) is 0 Å². The topological polar surface area (TPSA) is 33.3 Å². The molecule has 2 fully saturated rings. The number of rotatable bonds is 4. The summed E-state index contributed by atoms with van der Waals surface area (Å²) in [5.74, 6) is 0.836. The van der Waals surface area contributed by atoms with Crippen LogP contribution in [0.5, 0.6) is 0 Å². The lowest BCUT2D eigenvalue weighted by atomic mass is 9.99. The summed E-state index contributed by atoms with van der Waals surface area (Å²) in [6, 6.07) is 0. The van der Waals surface area contributed by atoms with E-state index >= 15 is 0 Å². The van der Waals surface area contributed by atoms with Crippen molar-refractivity contribution in [3.8, 4) is 0 Å². The minimum absolute atomic E-state index is 0.482. The average molecular weight is 212 g/mol. The van der Waals surface area contributed by atoms with E-state index in [4.69, 9.17) is 4.74 Å². The molecule has 15 heavy (non-hydrogen) atoms. The maximum absolute atomic E-state index is 5.69. The second-order valence-corrected chi connectivity index (χ2v) is 4.86. The van der Waals surface area contributed by atoms with Crippen LogP contribution in [0.4, 0.5) is 0 Å². The van der Waals surface area contributed by atoms with E-state index in [0.29, 0.717) is 6.10 Å². The Bertz CT molecular complexity index is 145. The van der Waals surface area contributed by atoms with Crippen molar-refractivity contribution < 1.29 is 4.74 Å². The molecule has 2 aliphatic rings. The highest BCUT2D eigenvalue weighted by Gasteiger charge is 2.15. The van der Waals surface area contributed by atoms with Gasteiger partial charge in [0.1, 0.15) is 0 Å². The van der Waals surface area contributed by atoms with E-state index in [0.717, 1.165) is 25.6 Å². The summed E-state index contributed by atoms with van der Waals surface area (Å²) in [4.78, 5) is 0. The van der Waals surface area contributed by atoms with Crippen LogP contribution in [0.3, 0.4) is 0 Å². The van der Waals surface area contributed by atoms with Crippen LogP contribution in [0.25, 0.3) is 0 Å². The van der Waals surface area contributed by atoms with Gasteiger partial charge < -0.3 is 15.4 Å². The molecule has 2 atom stereocenters. The fraction of sp³-hybridized carbons (Fsp3) is 1.00.